The molecule has 0 aromatic heterocycles. The first kappa shape index (κ1) is 27.0. The fraction of sp³-hybridized carbons (Fsp3) is 0.480. The Bertz CT molecular complexity index is 900. The lowest BCUT2D eigenvalue weighted by Gasteiger charge is -2.30. The Labute approximate surface area is 199 Å². The summed E-state index contributed by atoms with van der Waals surface area (Å²) < 4.78 is 83.4. The molecule has 1 aliphatic rings. The molecule has 10 heteroatoms. The Kier molecular flexibility index (Phi) is 8.82. The number of carboxylic acid groups (broad SMARTS) is 1. The average molecular weight is 503 g/mol. The van der Waals surface area contributed by atoms with Crippen LogP contribution in [0.2, 0.25) is 0 Å². The van der Waals surface area contributed by atoms with E-state index in [1.807, 2.05) is 4.90 Å². The van der Waals surface area contributed by atoms with E-state index in [-0.39, 0.29) is 6.61 Å². The number of rotatable bonds is 9. The van der Waals surface area contributed by atoms with Crippen LogP contribution in [0.3, 0.4) is 0 Å². The molecule has 1 N–H and O–H groups in total. The second-order valence-electron chi connectivity index (χ2n) is 8.67. The fourth-order valence-corrected chi connectivity index (χ4v) is 4.29. The van der Waals surface area contributed by atoms with E-state index in [0.717, 1.165) is 37.2 Å². The summed E-state index contributed by atoms with van der Waals surface area (Å²) in [6, 6.07) is 9.20. The third-order valence-corrected chi connectivity index (χ3v) is 6.24. The maximum Gasteiger partial charge on any atom is 0.416 e. The van der Waals surface area contributed by atoms with Crippen molar-refractivity contribution in [3.8, 4) is 0 Å². The predicted molar refractivity (Wildman–Crippen MR) is 117 cm³/mol. The summed E-state index contributed by atoms with van der Waals surface area (Å²) in [7, 11) is 0. The summed E-state index contributed by atoms with van der Waals surface area (Å²) in [5, 5.41) is 9.18. The number of halogens is 6. The van der Waals surface area contributed by atoms with Gasteiger partial charge >= 0.3 is 18.3 Å². The maximum atomic E-state index is 12.9. The molecule has 35 heavy (non-hydrogen) atoms. The molecule has 1 saturated heterocycles. The number of ether oxygens (including phenoxy) is 1. The zero-order valence-corrected chi connectivity index (χ0v) is 18.9. The molecular formula is C25H27F6NO3. The van der Waals surface area contributed by atoms with Crippen LogP contribution in [0.25, 0.3) is 0 Å². The molecule has 1 aliphatic heterocycles. The normalized spacial score (nSPS) is 17.6. The van der Waals surface area contributed by atoms with Gasteiger partial charge in [-0.15, -0.1) is 0 Å². The molecule has 1 unspecified atom stereocenters. The third kappa shape index (κ3) is 7.70. The molecule has 4 nitrogen and oxygen atoms in total. The van der Waals surface area contributed by atoms with Crippen LogP contribution in [0.5, 0.6) is 0 Å². The van der Waals surface area contributed by atoms with E-state index < -0.39 is 41.3 Å². The molecule has 0 bridgehead atoms. The molecule has 3 rings (SSSR count). The molecule has 1 fully saturated rings. The van der Waals surface area contributed by atoms with Gasteiger partial charge in [-0.1, -0.05) is 24.3 Å². The van der Waals surface area contributed by atoms with Gasteiger partial charge < -0.3 is 14.7 Å². The number of hydrogen-bond donors (Lipinski definition) is 1. The Hall–Kier alpha value is -2.59. The van der Waals surface area contributed by atoms with Gasteiger partial charge in [-0.05, 0) is 61.2 Å². The first-order valence-corrected chi connectivity index (χ1v) is 11.3. The topological polar surface area (TPSA) is 49.8 Å². The Balaban J connectivity index is 1.64. The highest BCUT2D eigenvalue weighted by atomic mass is 19.4. The number of piperidine rings is 1. The van der Waals surface area contributed by atoms with Gasteiger partial charge in [0.25, 0.3) is 0 Å². The molecule has 2 aromatic carbocycles. The molecule has 0 radical (unpaired) electrons. The highest BCUT2D eigenvalue weighted by molar-refractivity contribution is 5.70. The zero-order valence-electron chi connectivity index (χ0n) is 18.9. The second kappa shape index (κ2) is 11.4. The van der Waals surface area contributed by atoms with Crippen molar-refractivity contribution in [1.29, 1.82) is 0 Å². The highest BCUT2D eigenvalue weighted by Gasteiger charge is 2.32. The number of carboxylic acids is 1. The summed E-state index contributed by atoms with van der Waals surface area (Å²) in [5.41, 5.74) is -0.516. The minimum Gasteiger partial charge on any atom is -0.481 e. The minimum absolute atomic E-state index is 0.239. The molecule has 0 amide bonds. The zero-order chi connectivity index (χ0) is 25.6. The van der Waals surface area contributed by atoms with Crippen molar-refractivity contribution in [2.75, 3.05) is 32.8 Å². The Morgan fingerprint density at radius 3 is 1.89 bits per heavy atom. The monoisotopic (exact) mass is 503 g/mol. The molecule has 1 atom stereocenters. The first-order valence-electron chi connectivity index (χ1n) is 11.3. The number of aliphatic carboxylic acids is 1. The quantitative estimate of drug-likeness (QED) is 0.334. The van der Waals surface area contributed by atoms with Crippen molar-refractivity contribution in [2.24, 2.45) is 5.92 Å². The smallest absolute Gasteiger partial charge is 0.416 e. The predicted octanol–water partition coefficient (Wildman–Crippen LogP) is 6.06. The molecule has 0 saturated carbocycles. The Morgan fingerprint density at radius 2 is 1.43 bits per heavy atom. The molecule has 2 aromatic rings. The average Bonchev–Trinajstić information content (AvgIpc) is 2.81. The van der Waals surface area contributed by atoms with Gasteiger partial charge in [0.2, 0.25) is 0 Å². The van der Waals surface area contributed by atoms with Crippen molar-refractivity contribution < 1.29 is 41.0 Å². The molecule has 1 heterocycles. The standard InChI is InChI=1S/C25H27F6NO3/c26-24(27,28)20-7-3-17(4-8-20)22(18-5-9-21(10-6-18)25(29,30)31)11-14-35-15-13-32-12-1-2-19(16-32)23(33)34/h3-10,19,22H,1-2,11-16H2,(H,33,34). The van der Waals surface area contributed by atoms with Crippen molar-refractivity contribution in [3.05, 3.63) is 70.8 Å². The van der Waals surface area contributed by atoms with E-state index in [4.69, 9.17) is 4.74 Å². The van der Waals surface area contributed by atoms with Crippen molar-refractivity contribution >= 4 is 5.97 Å². The van der Waals surface area contributed by atoms with Crippen LogP contribution in [0.4, 0.5) is 26.3 Å². The molecule has 0 aliphatic carbocycles. The number of likely N-dealkylation sites (tertiary alicyclic amines) is 1. The highest BCUT2D eigenvalue weighted by Crippen LogP contribution is 2.35. The lowest BCUT2D eigenvalue weighted by molar-refractivity contribution is -0.143. The number of nitrogens with zero attached hydrogens (tertiary/aromatic N) is 1. The van der Waals surface area contributed by atoms with E-state index >= 15 is 0 Å². The summed E-state index contributed by atoms with van der Waals surface area (Å²) in [6.45, 7) is 2.38. The van der Waals surface area contributed by atoms with Crippen LogP contribution in [0, 0.1) is 5.92 Å². The molecule has 0 spiro atoms. The number of carbonyl (C=O) groups is 1. The number of alkyl halides is 6. The third-order valence-electron chi connectivity index (χ3n) is 6.24. The van der Waals surface area contributed by atoms with Gasteiger partial charge in [-0.2, -0.15) is 26.3 Å². The van der Waals surface area contributed by atoms with Gasteiger partial charge in [0.1, 0.15) is 0 Å². The van der Waals surface area contributed by atoms with Crippen LogP contribution in [0.1, 0.15) is 47.4 Å². The van der Waals surface area contributed by atoms with Gasteiger partial charge in [0, 0.05) is 25.6 Å². The van der Waals surface area contributed by atoms with Gasteiger partial charge in [0.05, 0.1) is 23.7 Å². The van der Waals surface area contributed by atoms with E-state index in [9.17, 15) is 36.2 Å². The fourth-order valence-electron chi connectivity index (χ4n) is 4.29. The summed E-state index contributed by atoms with van der Waals surface area (Å²) in [6.07, 6.45) is -7.18. The largest absolute Gasteiger partial charge is 0.481 e. The van der Waals surface area contributed by atoms with E-state index in [1.165, 1.54) is 24.3 Å². The summed E-state index contributed by atoms with van der Waals surface area (Å²) in [4.78, 5) is 13.2. The minimum atomic E-state index is -4.49. The van der Waals surface area contributed by atoms with Crippen molar-refractivity contribution in [1.82, 2.24) is 4.90 Å². The van der Waals surface area contributed by atoms with E-state index in [2.05, 4.69) is 0 Å². The first-order chi connectivity index (χ1) is 16.4. The van der Waals surface area contributed by atoms with E-state index in [0.29, 0.717) is 43.7 Å². The van der Waals surface area contributed by atoms with Gasteiger partial charge in [-0.25, -0.2) is 0 Å². The maximum absolute atomic E-state index is 12.9. The number of hydrogen-bond acceptors (Lipinski definition) is 3. The summed E-state index contributed by atoms with van der Waals surface area (Å²) in [5.74, 6) is -1.66. The second-order valence-corrected chi connectivity index (χ2v) is 8.67. The van der Waals surface area contributed by atoms with Crippen molar-refractivity contribution in [2.45, 2.75) is 37.5 Å². The van der Waals surface area contributed by atoms with Crippen LogP contribution in [0.15, 0.2) is 48.5 Å². The lowest BCUT2D eigenvalue weighted by Crippen LogP contribution is -2.40. The molecular weight excluding hydrogens is 476 g/mol. The van der Waals surface area contributed by atoms with E-state index in [1.54, 1.807) is 0 Å². The van der Waals surface area contributed by atoms with Crippen LogP contribution < -0.4 is 0 Å². The van der Waals surface area contributed by atoms with Crippen molar-refractivity contribution in [3.63, 3.8) is 0 Å². The van der Waals surface area contributed by atoms with Crippen LogP contribution in [-0.4, -0.2) is 48.8 Å². The molecule has 192 valence electrons. The van der Waals surface area contributed by atoms with Crippen LogP contribution in [-0.2, 0) is 21.9 Å². The Morgan fingerprint density at radius 1 is 0.914 bits per heavy atom. The number of benzene rings is 2. The SMILES string of the molecule is O=C(O)C1CCCN(CCOCCC(c2ccc(C(F)(F)F)cc2)c2ccc(C(F)(F)F)cc2)C1. The van der Waals surface area contributed by atoms with Gasteiger partial charge in [-0.3, -0.25) is 4.79 Å². The van der Waals surface area contributed by atoms with Gasteiger partial charge in [0.15, 0.2) is 0 Å². The van der Waals surface area contributed by atoms with Crippen LogP contribution >= 0.6 is 0 Å². The lowest BCUT2D eigenvalue weighted by atomic mass is 9.88. The summed E-state index contributed by atoms with van der Waals surface area (Å²) >= 11 is 0.